The first-order valence-electron chi connectivity index (χ1n) is 44.8. The minimum absolute atomic E-state index is 0.167. The van der Waals surface area contributed by atoms with Crippen molar-refractivity contribution in [1.29, 1.82) is 0 Å². The van der Waals surface area contributed by atoms with E-state index in [-0.39, 0.29) is 11.4 Å². The second-order valence-corrected chi connectivity index (χ2v) is 35.0. The molecular formula is C101H150N30O2+2. The van der Waals surface area contributed by atoms with Crippen LogP contribution in [0.2, 0.25) is 0 Å². The molecule has 10 N–H and O–H groups in total. The van der Waals surface area contributed by atoms with Gasteiger partial charge in [-0.25, -0.2) is 49.8 Å². The molecule has 0 saturated heterocycles. The molecule has 32 heteroatoms. The van der Waals surface area contributed by atoms with E-state index in [0.717, 1.165) is 54.8 Å². The number of aromatic nitrogens is 26. The smallest absolute Gasteiger partial charge is 0.240 e. The molecule has 0 saturated carbocycles. The fraction of sp³-hybridized carbons (Fsp3) is 0.426. The number of hydrogen-bond donors (Lipinski definition) is 6. The molecule has 14 heterocycles. The fourth-order valence-electron chi connectivity index (χ4n) is 9.43. The van der Waals surface area contributed by atoms with Crippen molar-refractivity contribution in [3.63, 3.8) is 0 Å². The Labute approximate surface area is 791 Å². The van der Waals surface area contributed by atoms with E-state index in [4.69, 9.17) is 33.3 Å². The fourth-order valence-corrected chi connectivity index (χ4v) is 9.43. The van der Waals surface area contributed by atoms with Crippen LogP contribution in [0.15, 0.2) is 246 Å². The summed E-state index contributed by atoms with van der Waals surface area (Å²) in [5.74, 6) is 8.84. The summed E-state index contributed by atoms with van der Waals surface area (Å²) in [5, 5.41) is 62.8. The number of pyridine rings is 5. The lowest BCUT2D eigenvalue weighted by molar-refractivity contribution is -0.905. The molecule has 133 heavy (non-hydrogen) atoms. The molecule has 32 nitrogen and oxygen atoms in total. The van der Waals surface area contributed by atoms with Crippen molar-refractivity contribution in [2.45, 2.75) is 283 Å². The lowest BCUT2D eigenvalue weighted by Crippen LogP contribution is -2.28. The highest BCUT2D eigenvalue weighted by Crippen LogP contribution is 2.22. The van der Waals surface area contributed by atoms with E-state index >= 15 is 0 Å². The van der Waals surface area contributed by atoms with Gasteiger partial charge >= 0.3 is 0 Å². The van der Waals surface area contributed by atoms with Crippen LogP contribution in [0.1, 0.15) is 356 Å². The van der Waals surface area contributed by atoms with E-state index < -0.39 is 0 Å². The highest BCUT2D eigenvalue weighted by molar-refractivity contribution is 5.32. The molecule has 14 aromatic heterocycles. The maximum Gasteiger partial charge on any atom is 0.240 e. The van der Waals surface area contributed by atoms with Crippen LogP contribution in [0.3, 0.4) is 0 Å². The van der Waals surface area contributed by atoms with Crippen LogP contribution in [-0.4, -0.2) is 131 Å². The standard InChI is InChI=1S/C9H14N2.2C8H12NO.2C8H11N.2C7H11N3.4C7H10N2.C6H10N4.2C6H9N3/c1-9(2,3)7-4-5-8(10)11-6-7;1-7(2)8-3-5-9(10)6-4-8;1-7(2)8-4-3-5-9(10)6-8;1-7(2)8-3-5-9-6-4-8;1-7(2)8-4-3-5-9-6-8;1-5(2)6-3-9-7(8)10-4-6;1-5(2)6-3-7(8)10-9-4-6;1-6(2)7-3-8-5-9-4-7;1-6(2)7-3-4-8-5-9-7;1-6(2)7-3-4-8-9-5-7;1-6(2)7-4-3-5-8-9-7;1-4(2)5-3-8-6(7)10-9-5;1-5(2)6-3-7-4-8-9-6;1-5(2)6-7-3-4-8-9-6/h4-6H,1-3H3,(H2,10,11);2*3-7,10H,1-2H3;2*3-7H,1-2H3;3-5H,1-2H3,(H2,8,9,10);3-5H,1-2H3,(H2,8,10);4*3-6H,1-2H3;3-4H,1-2H3,(H2,7,8,10);2*3-5H,1-2H3/q;2*+1;;;;;;;;;;;. The summed E-state index contributed by atoms with van der Waals surface area (Å²) in [5.41, 5.74) is 36.5. The number of rotatable bonds is 13. The molecule has 0 fully saturated rings. The monoisotopic (exact) mass is 1820 g/mol. The van der Waals surface area contributed by atoms with E-state index in [2.05, 4.69) is 300 Å². The normalized spacial score (nSPS) is 10.3. The van der Waals surface area contributed by atoms with Crippen molar-refractivity contribution in [3.05, 3.63) is 325 Å². The first-order valence-corrected chi connectivity index (χ1v) is 44.8. The Hall–Kier alpha value is -13.9. The van der Waals surface area contributed by atoms with Crippen LogP contribution < -0.4 is 32.4 Å². The zero-order valence-electron chi connectivity index (χ0n) is 83.9. The number of hydrogen-bond acceptors (Lipinski definition) is 30. The minimum atomic E-state index is 0.167. The summed E-state index contributed by atoms with van der Waals surface area (Å²) < 4.78 is 2.13. The van der Waals surface area contributed by atoms with Gasteiger partial charge in [0.15, 0.2) is 5.82 Å². The van der Waals surface area contributed by atoms with Gasteiger partial charge in [-0.3, -0.25) is 20.4 Å². The largest absolute Gasteiger partial charge is 0.384 e. The zero-order valence-corrected chi connectivity index (χ0v) is 83.9. The van der Waals surface area contributed by atoms with E-state index in [1.54, 1.807) is 112 Å². The lowest BCUT2D eigenvalue weighted by atomic mass is 9.88. The number of nitrogens with zero attached hydrogens (tertiary/aromatic N) is 26. The van der Waals surface area contributed by atoms with Gasteiger partial charge in [0.25, 0.3) is 0 Å². The van der Waals surface area contributed by atoms with E-state index in [1.807, 2.05) is 150 Å². The zero-order chi connectivity index (χ0) is 99.8. The molecule has 0 unspecified atom stereocenters. The molecule has 14 aromatic rings. The molecular weight excluding hydrogens is 1670 g/mol. The average molecular weight is 1820 g/mol. The van der Waals surface area contributed by atoms with Crippen LogP contribution in [-0.2, 0) is 5.41 Å². The van der Waals surface area contributed by atoms with Crippen molar-refractivity contribution < 1.29 is 19.9 Å². The lowest BCUT2D eigenvalue weighted by Gasteiger charge is -2.17. The highest BCUT2D eigenvalue weighted by Gasteiger charge is 2.14. The summed E-state index contributed by atoms with van der Waals surface area (Å²) in [6.07, 6.45) is 42.9. The molecule has 0 atom stereocenters. The molecule has 0 amide bonds. The molecule has 0 spiro atoms. The van der Waals surface area contributed by atoms with Crippen LogP contribution in [0, 0.1) is 0 Å². The Kier molecular flexibility index (Phi) is 59.2. The first-order chi connectivity index (χ1) is 62.9. The summed E-state index contributed by atoms with van der Waals surface area (Å²) in [6.45, 7) is 61.1. The number of anilines is 4. The maximum absolute atomic E-state index is 8.98. The van der Waals surface area contributed by atoms with Gasteiger partial charge in [0.05, 0.1) is 48.1 Å². The van der Waals surface area contributed by atoms with Gasteiger partial charge in [0.1, 0.15) is 30.6 Å². The van der Waals surface area contributed by atoms with E-state index in [9.17, 15) is 0 Å². The predicted octanol–water partition coefficient (Wildman–Crippen LogP) is 20.4. The van der Waals surface area contributed by atoms with Gasteiger partial charge in [-0.05, 0) is 182 Å². The SMILES string of the molecule is CC(C)(C)c1ccc(N)nc1.CC(C)c1cc[n+](O)cc1.CC(C)c1ccc[n+](O)c1.CC(C)c1cccnc1.CC(C)c1cccnn1.CC(C)c1ccncc1.CC(C)c1ccncn1.CC(C)c1ccnnc1.CC(C)c1cnc(N)nc1.CC(C)c1cnc(N)nn1.CC(C)c1cncnc1.CC(C)c1cncnn1.CC(C)c1cnnc(N)c1.CC(C)c1nccnn1. The van der Waals surface area contributed by atoms with Crippen LogP contribution in [0.5, 0.6) is 0 Å². The summed E-state index contributed by atoms with van der Waals surface area (Å²) in [6, 6.07) is 29.3. The Morgan fingerprint density at radius 2 is 0.752 bits per heavy atom. The van der Waals surface area contributed by atoms with Gasteiger partial charge in [-0.15, -0.1) is 20.4 Å². The van der Waals surface area contributed by atoms with Gasteiger partial charge in [-0.1, -0.05) is 213 Å². The quantitative estimate of drug-likeness (QED) is 0.0461. The molecule has 0 aliphatic rings. The Morgan fingerprint density at radius 1 is 0.256 bits per heavy atom. The maximum atomic E-state index is 8.98. The molecule has 0 radical (unpaired) electrons. The van der Waals surface area contributed by atoms with Crippen molar-refractivity contribution in [1.82, 2.24) is 121 Å². The average Bonchev–Trinajstić information content (AvgIpc) is 0.930. The third-order valence-electron chi connectivity index (χ3n) is 18.3. The van der Waals surface area contributed by atoms with E-state index in [1.165, 1.54) is 39.7 Å². The van der Waals surface area contributed by atoms with Gasteiger partial charge < -0.3 is 22.9 Å². The van der Waals surface area contributed by atoms with Crippen molar-refractivity contribution >= 4 is 23.5 Å². The second-order valence-electron chi connectivity index (χ2n) is 35.0. The van der Waals surface area contributed by atoms with Gasteiger partial charge in [0, 0.05) is 125 Å². The van der Waals surface area contributed by atoms with Crippen molar-refractivity contribution in [2.75, 3.05) is 22.9 Å². The van der Waals surface area contributed by atoms with Crippen molar-refractivity contribution in [2.24, 2.45) is 0 Å². The van der Waals surface area contributed by atoms with E-state index in [0.29, 0.717) is 94.5 Å². The van der Waals surface area contributed by atoms with Gasteiger partial charge in [0.2, 0.25) is 36.7 Å². The minimum Gasteiger partial charge on any atom is -0.384 e. The Balaban J connectivity index is 0.000000716. The van der Waals surface area contributed by atoms with Crippen LogP contribution in [0.25, 0.3) is 0 Å². The third kappa shape index (κ3) is 56.3. The van der Waals surface area contributed by atoms with Gasteiger partial charge in [-0.2, -0.15) is 40.8 Å². The second kappa shape index (κ2) is 67.3. The summed E-state index contributed by atoms with van der Waals surface area (Å²) in [7, 11) is 0. The third-order valence-corrected chi connectivity index (χ3v) is 18.3. The number of nitrogens with two attached hydrogens (primary N) is 4. The molecule has 0 bridgehead atoms. The summed E-state index contributed by atoms with van der Waals surface area (Å²) in [4.78, 5) is 47.0. The first kappa shape index (κ1) is 117. The topological polar surface area (TPSA) is 462 Å². The highest BCUT2D eigenvalue weighted by atomic mass is 16.5. The Morgan fingerprint density at radius 3 is 1.11 bits per heavy atom. The number of nitrogen functional groups attached to an aromatic ring is 4. The predicted molar refractivity (Wildman–Crippen MR) is 532 cm³/mol. The molecule has 14 rings (SSSR count). The molecule has 0 aliphatic carbocycles. The van der Waals surface area contributed by atoms with Crippen molar-refractivity contribution in [3.8, 4) is 0 Å². The molecule has 714 valence electrons. The molecule has 0 aromatic carbocycles. The van der Waals surface area contributed by atoms with Crippen LogP contribution in [0.4, 0.5) is 23.5 Å². The summed E-state index contributed by atoms with van der Waals surface area (Å²) >= 11 is 0. The Bertz CT molecular complexity index is 4430. The van der Waals surface area contributed by atoms with Crippen LogP contribution >= 0.6 is 0 Å². The molecule has 0 aliphatic heterocycles.